The number of aliphatic hydroxyl groups is 2. The van der Waals surface area contributed by atoms with Crippen molar-refractivity contribution in [2.24, 2.45) is 11.7 Å². The Morgan fingerprint density at radius 1 is 0.900 bits per heavy atom. The summed E-state index contributed by atoms with van der Waals surface area (Å²) in [7, 11) is 0. The van der Waals surface area contributed by atoms with Crippen molar-refractivity contribution in [2.45, 2.75) is 31.8 Å². The number of hydrogen-bond donors (Lipinski definition) is 5. The van der Waals surface area contributed by atoms with Crippen LogP contribution in [0.15, 0.2) is 0 Å². The summed E-state index contributed by atoms with van der Waals surface area (Å²) in [5.74, 6) is 7.64. The van der Waals surface area contributed by atoms with Gasteiger partial charge in [0.1, 0.15) is 0 Å². The number of aliphatic carboxylic acids is 1. The molecule has 0 rings (SSSR count). The minimum Gasteiger partial charge on any atom is -0.478 e. The van der Waals surface area contributed by atoms with Gasteiger partial charge >= 0.3 is 5.97 Å². The van der Waals surface area contributed by atoms with Gasteiger partial charge in [-0.15, -0.1) is 0 Å². The zero-order valence-electron chi connectivity index (χ0n) is 10.9. The van der Waals surface area contributed by atoms with E-state index >= 15 is 0 Å². The number of aliphatic hydroxyl groups excluding tert-OH is 2. The molecule has 0 radical (unpaired) electrons. The van der Waals surface area contributed by atoms with Crippen molar-refractivity contribution in [2.75, 3.05) is 13.2 Å². The smallest absolute Gasteiger partial charge is 0.350 e. The molecular weight excluding hydrogens is 272 g/mol. The molecule has 0 atom stereocenters. The molecule has 0 aromatic rings. The highest BCUT2D eigenvalue weighted by Gasteiger charge is 2.34. The standard InChI is InChI=1S/C10H20N4O6/c11-13(7(17)3-1-5-15)9(10(19)20)14(12)8(18)4-2-6-16/h9,15-16H,1-6,11-12H2,(H,19,20). The summed E-state index contributed by atoms with van der Waals surface area (Å²) < 4.78 is 0. The van der Waals surface area contributed by atoms with Crippen molar-refractivity contribution in [3.63, 3.8) is 0 Å². The Kier molecular flexibility index (Phi) is 8.40. The summed E-state index contributed by atoms with van der Waals surface area (Å²) >= 11 is 0. The lowest BCUT2D eigenvalue weighted by atomic mass is 10.2. The Labute approximate surface area is 115 Å². The number of carboxylic acids is 1. The molecule has 0 saturated heterocycles. The van der Waals surface area contributed by atoms with Crippen LogP contribution in [0, 0.1) is 0 Å². The molecule has 0 saturated carbocycles. The first-order valence-corrected chi connectivity index (χ1v) is 5.94. The predicted octanol–water partition coefficient (Wildman–Crippen LogP) is -2.65. The summed E-state index contributed by atoms with van der Waals surface area (Å²) in [4.78, 5) is 34.3. The molecule has 0 heterocycles. The van der Waals surface area contributed by atoms with Gasteiger partial charge in [0.15, 0.2) is 0 Å². The van der Waals surface area contributed by atoms with E-state index in [9.17, 15) is 14.4 Å². The molecular formula is C10H20N4O6. The van der Waals surface area contributed by atoms with Crippen LogP contribution in [0.4, 0.5) is 0 Å². The largest absolute Gasteiger partial charge is 0.478 e. The summed E-state index contributed by atoms with van der Waals surface area (Å²) in [6.45, 7) is -0.502. The second-order valence-corrected chi connectivity index (χ2v) is 3.97. The third-order valence-electron chi connectivity index (χ3n) is 2.42. The fourth-order valence-corrected chi connectivity index (χ4v) is 1.36. The average Bonchev–Trinajstić information content (AvgIpc) is 2.41. The van der Waals surface area contributed by atoms with Gasteiger partial charge in [-0.05, 0) is 12.8 Å². The lowest BCUT2D eigenvalue weighted by Gasteiger charge is -2.30. The SMILES string of the molecule is NN(C(=O)CCCO)C(C(=O)O)N(N)C(=O)CCCO. The van der Waals surface area contributed by atoms with E-state index in [0.29, 0.717) is 10.0 Å². The number of hydrazine groups is 2. The van der Waals surface area contributed by atoms with Gasteiger partial charge in [0.05, 0.1) is 0 Å². The molecule has 0 aromatic heterocycles. The van der Waals surface area contributed by atoms with Crippen LogP contribution < -0.4 is 11.7 Å². The fourth-order valence-electron chi connectivity index (χ4n) is 1.36. The van der Waals surface area contributed by atoms with Gasteiger partial charge in [0.2, 0.25) is 18.0 Å². The van der Waals surface area contributed by atoms with Gasteiger partial charge in [-0.3, -0.25) is 9.59 Å². The van der Waals surface area contributed by atoms with Crippen molar-refractivity contribution in [1.29, 1.82) is 0 Å². The van der Waals surface area contributed by atoms with Gasteiger partial charge in [-0.1, -0.05) is 0 Å². The summed E-state index contributed by atoms with van der Waals surface area (Å²) in [5.41, 5.74) is 0. The number of hydrogen-bond acceptors (Lipinski definition) is 7. The quantitative estimate of drug-likeness (QED) is 0.133. The van der Waals surface area contributed by atoms with Crippen LogP contribution in [0.1, 0.15) is 25.7 Å². The van der Waals surface area contributed by atoms with Gasteiger partial charge in [-0.25, -0.2) is 26.5 Å². The monoisotopic (exact) mass is 292 g/mol. The third-order valence-corrected chi connectivity index (χ3v) is 2.42. The van der Waals surface area contributed by atoms with Crippen molar-refractivity contribution in [1.82, 2.24) is 10.0 Å². The summed E-state index contributed by atoms with van der Waals surface area (Å²) in [5, 5.41) is 26.9. The van der Waals surface area contributed by atoms with Gasteiger partial charge in [-0.2, -0.15) is 0 Å². The van der Waals surface area contributed by atoms with E-state index in [1.807, 2.05) is 0 Å². The van der Waals surface area contributed by atoms with Crippen molar-refractivity contribution < 1.29 is 29.7 Å². The van der Waals surface area contributed by atoms with E-state index in [2.05, 4.69) is 0 Å². The molecule has 2 amide bonds. The zero-order chi connectivity index (χ0) is 15.7. The third kappa shape index (κ3) is 5.48. The number of nitrogens with two attached hydrogens (primary N) is 2. The Morgan fingerprint density at radius 3 is 1.50 bits per heavy atom. The molecule has 0 aromatic carbocycles. The molecule has 0 fully saturated rings. The van der Waals surface area contributed by atoms with E-state index in [0.717, 1.165) is 0 Å². The van der Waals surface area contributed by atoms with Crippen molar-refractivity contribution >= 4 is 17.8 Å². The van der Waals surface area contributed by atoms with Crippen LogP contribution in [0.2, 0.25) is 0 Å². The molecule has 0 bridgehead atoms. The second-order valence-electron chi connectivity index (χ2n) is 3.97. The number of amides is 2. The maximum Gasteiger partial charge on any atom is 0.350 e. The molecule has 7 N–H and O–H groups in total. The van der Waals surface area contributed by atoms with Gasteiger partial charge < -0.3 is 15.3 Å². The number of nitrogens with zero attached hydrogens (tertiary/aromatic N) is 2. The zero-order valence-corrected chi connectivity index (χ0v) is 10.9. The van der Waals surface area contributed by atoms with Crippen LogP contribution in [0.25, 0.3) is 0 Å². The van der Waals surface area contributed by atoms with Gasteiger partial charge in [0.25, 0.3) is 0 Å². The first-order chi connectivity index (χ1) is 9.36. The highest BCUT2D eigenvalue weighted by Crippen LogP contribution is 2.05. The number of carboxylic acid groups (broad SMARTS) is 1. The molecule has 0 unspecified atom stereocenters. The molecule has 0 aliphatic carbocycles. The summed E-state index contributed by atoms with van der Waals surface area (Å²) in [6.07, 6.45) is -1.96. The number of rotatable bonds is 9. The first-order valence-electron chi connectivity index (χ1n) is 5.94. The van der Waals surface area contributed by atoms with Gasteiger partial charge in [0, 0.05) is 26.1 Å². The normalized spacial score (nSPS) is 10.4. The molecule has 0 spiro atoms. The minimum atomic E-state index is -1.84. The van der Waals surface area contributed by atoms with E-state index in [-0.39, 0.29) is 38.9 Å². The molecule has 0 aliphatic heterocycles. The van der Waals surface area contributed by atoms with Crippen molar-refractivity contribution in [3.8, 4) is 0 Å². The number of carbonyl (C=O) groups is 3. The minimum absolute atomic E-state index is 0.113. The maximum absolute atomic E-state index is 11.6. The van der Waals surface area contributed by atoms with Crippen molar-refractivity contribution in [3.05, 3.63) is 0 Å². The van der Waals surface area contributed by atoms with E-state index in [1.54, 1.807) is 0 Å². The Morgan fingerprint density at radius 2 is 1.25 bits per heavy atom. The molecule has 10 nitrogen and oxygen atoms in total. The molecule has 116 valence electrons. The van der Waals surface area contributed by atoms with Crippen LogP contribution >= 0.6 is 0 Å². The molecule has 20 heavy (non-hydrogen) atoms. The van der Waals surface area contributed by atoms with E-state index < -0.39 is 23.9 Å². The van der Waals surface area contributed by atoms with Crippen LogP contribution in [0.3, 0.4) is 0 Å². The Balaban J connectivity index is 4.81. The lowest BCUT2D eigenvalue weighted by molar-refractivity contribution is -0.165. The topological polar surface area (TPSA) is 170 Å². The Bertz CT molecular complexity index is 325. The molecule has 0 aliphatic rings. The van der Waals surface area contributed by atoms with Crippen LogP contribution in [-0.4, -0.2) is 62.5 Å². The highest BCUT2D eigenvalue weighted by atomic mass is 16.4. The average molecular weight is 292 g/mol. The Hall–Kier alpha value is -1.75. The predicted molar refractivity (Wildman–Crippen MR) is 66.1 cm³/mol. The maximum atomic E-state index is 11.6. The molecule has 10 heteroatoms. The van der Waals surface area contributed by atoms with Crippen LogP contribution in [0.5, 0.6) is 0 Å². The second kappa shape index (κ2) is 9.20. The fraction of sp³-hybridized carbons (Fsp3) is 0.700. The summed E-state index contributed by atoms with van der Waals surface area (Å²) in [6, 6.07) is 0. The highest BCUT2D eigenvalue weighted by molar-refractivity contribution is 5.87. The van der Waals surface area contributed by atoms with E-state index in [4.69, 9.17) is 27.0 Å². The first kappa shape index (κ1) is 18.2. The van der Waals surface area contributed by atoms with E-state index in [1.165, 1.54) is 0 Å². The lowest BCUT2D eigenvalue weighted by Crippen LogP contribution is -2.62. The number of carbonyl (C=O) groups excluding carboxylic acids is 2. The van der Waals surface area contributed by atoms with Crippen LogP contribution in [-0.2, 0) is 14.4 Å².